The smallest absolute Gasteiger partial charge is 0.248 e. The topological polar surface area (TPSA) is 71.3 Å². The molecule has 0 spiro atoms. The van der Waals surface area contributed by atoms with E-state index in [4.69, 9.17) is 14.7 Å². The van der Waals surface area contributed by atoms with Crippen molar-refractivity contribution in [2.45, 2.75) is 0 Å². The number of carbonyl (C=O) groups is 1. The Labute approximate surface area is 143 Å². The Bertz CT molecular complexity index is 845. The van der Waals surface area contributed by atoms with Crippen molar-refractivity contribution in [1.29, 1.82) is 5.26 Å². The standard InChI is InChI=1S/C18H14F2N2O3/c1-24-17-10-12(2-6-16(17)25-9-8-21)3-7-18(23)22-13-4-5-14(19)15(20)11-13/h2-7,10-11H,9H2,1H3,(H,22,23)/b7-3+. The fourth-order valence-corrected chi connectivity index (χ4v) is 1.95. The first-order chi connectivity index (χ1) is 12.0. The van der Waals surface area contributed by atoms with E-state index in [0.717, 1.165) is 12.1 Å². The minimum absolute atomic E-state index is 0.109. The number of halogens is 2. The summed E-state index contributed by atoms with van der Waals surface area (Å²) in [5.74, 6) is -1.71. The number of carbonyl (C=O) groups excluding carboxylic acids is 1. The first-order valence-corrected chi connectivity index (χ1v) is 7.15. The molecule has 0 fully saturated rings. The molecule has 128 valence electrons. The highest BCUT2D eigenvalue weighted by atomic mass is 19.2. The van der Waals surface area contributed by atoms with Gasteiger partial charge in [-0.1, -0.05) is 6.07 Å². The molecule has 0 aliphatic carbocycles. The van der Waals surface area contributed by atoms with Crippen LogP contribution in [0.2, 0.25) is 0 Å². The number of nitrogens with zero attached hydrogens (tertiary/aromatic N) is 1. The second-order valence-electron chi connectivity index (χ2n) is 4.81. The molecule has 2 rings (SSSR count). The minimum Gasteiger partial charge on any atom is -0.493 e. The third kappa shape index (κ3) is 5.04. The summed E-state index contributed by atoms with van der Waals surface area (Å²) in [7, 11) is 1.46. The summed E-state index contributed by atoms with van der Waals surface area (Å²) in [5.41, 5.74) is 0.799. The van der Waals surface area contributed by atoms with Gasteiger partial charge in [0.25, 0.3) is 0 Å². The molecular formula is C18H14F2N2O3. The Morgan fingerprint density at radius 1 is 1.20 bits per heavy atom. The molecular weight excluding hydrogens is 330 g/mol. The van der Waals surface area contributed by atoms with Crippen LogP contribution in [0.3, 0.4) is 0 Å². The maximum Gasteiger partial charge on any atom is 0.248 e. The molecule has 2 aromatic carbocycles. The third-order valence-electron chi connectivity index (χ3n) is 3.09. The van der Waals surface area contributed by atoms with E-state index in [2.05, 4.69) is 5.32 Å². The molecule has 0 aliphatic heterocycles. The van der Waals surface area contributed by atoms with Crippen LogP contribution in [0.15, 0.2) is 42.5 Å². The number of benzene rings is 2. The van der Waals surface area contributed by atoms with Crippen molar-refractivity contribution in [2.75, 3.05) is 19.0 Å². The molecule has 5 nitrogen and oxygen atoms in total. The van der Waals surface area contributed by atoms with Crippen molar-refractivity contribution in [3.8, 4) is 17.6 Å². The largest absolute Gasteiger partial charge is 0.493 e. The van der Waals surface area contributed by atoms with Crippen molar-refractivity contribution in [1.82, 2.24) is 0 Å². The Hall–Kier alpha value is -3.40. The van der Waals surface area contributed by atoms with E-state index in [1.807, 2.05) is 6.07 Å². The molecule has 25 heavy (non-hydrogen) atoms. The summed E-state index contributed by atoms with van der Waals surface area (Å²) >= 11 is 0. The van der Waals surface area contributed by atoms with Gasteiger partial charge in [0.05, 0.1) is 7.11 Å². The van der Waals surface area contributed by atoms with Crippen LogP contribution >= 0.6 is 0 Å². The highest BCUT2D eigenvalue weighted by Gasteiger charge is 2.06. The molecule has 0 aliphatic rings. The number of nitriles is 1. The van der Waals surface area contributed by atoms with E-state index in [0.29, 0.717) is 17.1 Å². The number of amides is 1. The number of anilines is 1. The number of hydrogen-bond acceptors (Lipinski definition) is 4. The fourth-order valence-electron chi connectivity index (χ4n) is 1.95. The number of hydrogen-bond donors (Lipinski definition) is 1. The van der Waals surface area contributed by atoms with Crippen LogP contribution in [-0.4, -0.2) is 19.6 Å². The molecule has 0 heterocycles. The average Bonchev–Trinajstić information content (AvgIpc) is 2.61. The predicted octanol–water partition coefficient (Wildman–Crippen LogP) is 3.53. The van der Waals surface area contributed by atoms with Gasteiger partial charge in [-0.25, -0.2) is 8.78 Å². The SMILES string of the molecule is COc1cc(/C=C/C(=O)Nc2ccc(F)c(F)c2)ccc1OCC#N. The number of nitrogens with one attached hydrogen (secondary N) is 1. The molecule has 0 atom stereocenters. The Balaban J connectivity index is 2.06. The molecule has 0 unspecified atom stereocenters. The molecule has 7 heteroatoms. The summed E-state index contributed by atoms with van der Waals surface area (Å²) < 4.78 is 36.3. The quantitative estimate of drug-likeness (QED) is 0.814. The second-order valence-corrected chi connectivity index (χ2v) is 4.81. The van der Waals surface area contributed by atoms with Crippen LogP contribution < -0.4 is 14.8 Å². The average molecular weight is 344 g/mol. The normalized spacial score (nSPS) is 10.3. The first kappa shape index (κ1) is 17.9. The van der Waals surface area contributed by atoms with Gasteiger partial charge in [-0.3, -0.25) is 4.79 Å². The summed E-state index contributed by atoms with van der Waals surface area (Å²) in [6.07, 6.45) is 2.76. The highest BCUT2D eigenvalue weighted by Crippen LogP contribution is 2.28. The van der Waals surface area contributed by atoms with Gasteiger partial charge < -0.3 is 14.8 Å². The Kier molecular flexibility index (Phi) is 6.07. The van der Waals surface area contributed by atoms with Gasteiger partial charge >= 0.3 is 0 Å². The summed E-state index contributed by atoms with van der Waals surface area (Å²) in [4.78, 5) is 11.8. The molecule has 1 N–H and O–H groups in total. The maximum atomic E-state index is 13.1. The van der Waals surface area contributed by atoms with Crippen molar-refractivity contribution in [2.24, 2.45) is 0 Å². The van der Waals surface area contributed by atoms with E-state index in [-0.39, 0.29) is 12.3 Å². The lowest BCUT2D eigenvalue weighted by Gasteiger charge is -2.08. The van der Waals surface area contributed by atoms with Crippen LogP contribution in [0.1, 0.15) is 5.56 Å². The highest BCUT2D eigenvalue weighted by molar-refractivity contribution is 6.01. The molecule has 0 bridgehead atoms. The summed E-state index contributed by atoms with van der Waals surface area (Å²) in [6, 6.07) is 9.87. The van der Waals surface area contributed by atoms with Crippen LogP contribution in [0.25, 0.3) is 6.08 Å². The number of ether oxygens (including phenoxy) is 2. The monoisotopic (exact) mass is 344 g/mol. The number of rotatable bonds is 6. The van der Waals surface area contributed by atoms with Gasteiger partial charge in [0.1, 0.15) is 6.07 Å². The molecule has 0 saturated carbocycles. The van der Waals surface area contributed by atoms with Crippen LogP contribution in [-0.2, 0) is 4.79 Å². The van der Waals surface area contributed by atoms with Gasteiger partial charge in [0.2, 0.25) is 5.91 Å². The lowest BCUT2D eigenvalue weighted by Crippen LogP contribution is -2.08. The first-order valence-electron chi connectivity index (χ1n) is 7.15. The van der Waals surface area contributed by atoms with Gasteiger partial charge in [-0.05, 0) is 35.9 Å². The van der Waals surface area contributed by atoms with Crippen molar-refractivity contribution in [3.05, 3.63) is 59.7 Å². The van der Waals surface area contributed by atoms with Gasteiger partial charge in [0, 0.05) is 17.8 Å². The summed E-state index contributed by atoms with van der Waals surface area (Å²) in [6.45, 7) is -0.109. The fraction of sp³-hybridized carbons (Fsp3) is 0.111. The maximum absolute atomic E-state index is 13.1. The predicted molar refractivity (Wildman–Crippen MR) is 88.1 cm³/mol. The van der Waals surface area contributed by atoms with Crippen molar-refractivity contribution >= 4 is 17.7 Å². The van der Waals surface area contributed by atoms with E-state index in [1.165, 1.54) is 25.3 Å². The molecule has 0 radical (unpaired) electrons. The second kappa shape index (κ2) is 8.45. The van der Waals surface area contributed by atoms with E-state index < -0.39 is 17.5 Å². The van der Waals surface area contributed by atoms with E-state index in [1.54, 1.807) is 18.2 Å². The molecule has 0 saturated heterocycles. The van der Waals surface area contributed by atoms with Crippen molar-refractivity contribution in [3.63, 3.8) is 0 Å². The Morgan fingerprint density at radius 3 is 2.68 bits per heavy atom. The molecule has 0 aromatic heterocycles. The van der Waals surface area contributed by atoms with Crippen LogP contribution in [0.4, 0.5) is 14.5 Å². The van der Waals surface area contributed by atoms with Gasteiger partial charge in [-0.15, -0.1) is 0 Å². The summed E-state index contributed by atoms with van der Waals surface area (Å²) in [5, 5.41) is 11.0. The van der Waals surface area contributed by atoms with Crippen LogP contribution in [0, 0.1) is 23.0 Å². The zero-order chi connectivity index (χ0) is 18.2. The number of methoxy groups -OCH3 is 1. The van der Waals surface area contributed by atoms with Gasteiger partial charge in [0.15, 0.2) is 29.7 Å². The van der Waals surface area contributed by atoms with Gasteiger partial charge in [-0.2, -0.15) is 5.26 Å². The minimum atomic E-state index is -1.04. The molecule has 2 aromatic rings. The van der Waals surface area contributed by atoms with E-state index in [9.17, 15) is 13.6 Å². The lowest BCUT2D eigenvalue weighted by atomic mass is 10.2. The van der Waals surface area contributed by atoms with E-state index >= 15 is 0 Å². The zero-order valence-corrected chi connectivity index (χ0v) is 13.3. The van der Waals surface area contributed by atoms with Crippen molar-refractivity contribution < 1.29 is 23.0 Å². The lowest BCUT2D eigenvalue weighted by molar-refractivity contribution is -0.111. The Morgan fingerprint density at radius 2 is 2.00 bits per heavy atom. The zero-order valence-electron chi connectivity index (χ0n) is 13.3. The molecule has 1 amide bonds. The van der Waals surface area contributed by atoms with Crippen LogP contribution in [0.5, 0.6) is 11.5 Å². The third-order valence-corrected chi connectivity index (χ3v) is 3.09.